The molecule has 1 amide bonds. The van der Waals surface area contributed by atoms with Crippen molar-refractivity contribution in [2.75, 3.05) is 5.32 Å². The fourth-order valence-corrected chi connectivity index (χ4v) is 1.23. The summed E-state index contributed by atoms with van der Waals surface area (Å²) < 4.78 is 30.8. The van der Waals surface area contributed by atoms with Crippen LogP contribution in [0.4, 0.5) is 14.5 Å². The Balaban J connectivity index is 2.18. The molecule has 1 N–H and O–H groups in total. The van der Waals surface area contributed by atoms with Gasteiger partial charge in [0, 0.05) is 6.07 Å². The summed E-state index contributed by atoms with van der Waals surface area (Å²) in [5.41, 5.74) is -0.132. The van der Waals surface area contributed by atoms with Crippen LogP contribution in [0.15, 0.2) is 28.8 Å². The van der Waals surface area contributed by atoms with Crippen LogP contribution >= 0.6 is 0 Å². The summed E-state index contributed by atoms with van der Waals surface area (Å²) in [6, 6.07) is 2.84. The summed E-state index contributed by atoms with van der Waals surface area (Å²) in [5, 5.41) is 2.23. The third-order valence-corrected chi connectivity index (χ3v) is 1.99. The van der Waals surface area contributed by atoms with Crippen LogP contribution in [0.25, 0.3) is 0 Å². The van der Waals surface area contributed by atoms with Crippen molar-refractivity contribution in [2.45, 2.75) is 6.92 Å². The first-order chi connectivity index (χ1) is 8.06. The highest BCUT2D eigenvalue weighted by Crippen LogP contribution is 2.16. The molecule has 1 heterocycles. The predicted octanol–water partition coefficient (Wildman–Crippen LogP) is 2.51. The molecule has 0 unspecified atom stereocenters. The molecule has 17 heavy (non-hydrogen) atoms. The Labute approximate surface area is 95.3 Å². The van der Waals surface area contributed by atoms with Crippen LogP contribution in [-0.4, -0.2) is 10.9 Å². The lowest BCUT2D eigenvalue weighted by Crippen LogP contribution is -2.13. The highest BCUT2D eigenvalue weighted by atomic mass is 19.1. The van der Waals surface area contributed by atoms with Crippen LogP contribution in [0.5, 0.6) is 0 Å². The zero-order chi connectivity index (χ0) is 12.4. The summed E-state index contributed by atoms with van der Waals surface area (Å²) in [5.74, 6) is -1.97. The molecule has 0 aliphatic carbocycles. The van der Waals surface area contributed by atoms with Crippen LogP contribution in [0.2, 0.25) is 0 Å². The van der Waals surface area contributed by atoms with E-state index in [0.717, 1.165) is 12.1 Å². The van der Waals surface area contributed by atoms with E-state index in [2.05, 4.69) is 10.3 Å². The van der Waals surface area contributed by atoms with Crippen LogP contribution in [0.3, 0.4) is 0 Å². The topological polar surface area (TPSA) is 55.1 Å². The second-order valence-electron chi connectivity index (χ2n) is 3.35. The van der Waals surface area contributed by atoms with Gasteiger partial charge in [-0.25, -0.2) is 13.8 Å². The van der Waals surface area contributed by atoms with Crippen LogP contribution < -0.4 is 5.32 Å². The van der Waals surface area contributed by atoms with E-state index in [1.165, 1.54) is 6.20 Å². The minimum Gasteiger partial charge on any atom is -0.438 e. The van der Waals surface area contributed by atoms with Gasteiger partial charge in [-0.3, -0.25) is 4.79 Å². The van der Waals surface area contributed by atoms with E-state index in [0.29, 0.717) is 11.8 Å². The first kappa shape index (κ1) is 11.3. The number of rotatable bonds is 2. The van der Waals surface area contributed by atoms with Crippen molar-refractivity contribution in [3.8, 4) is 0 Å². The Kier molecular flexibility index (Phi) is 2.86. The fraction of sp³-hybridized carbons (Fsp3) is 0.0909. The van der Waals surface area contributed by atoms with Gasteiger partial charge in [0.2, 0.25) is 0 Å². The number of aromatic nitrogens is 1. The first-order valence-electron chi connectivity index (χ1n) is 4.75. The number of carbonyl (C=O) groups excluding carboxylic acids is 1. The van der Waals surface area contributed by atoms with Gasteiger partial charge in [0.15, 0.2) is 0 Å². The number of carbonyl (C=O) groups is 1. The molecule has 2 rings (SSSR count). The lowest BCUT2D eigenvalue weighted by Gasteiger charge is -2.03. The Morgan fingerprint density at radius 3 is 2.76 bits per heavy atom. The molecule has 0 fully saturated rings. The van der Waals surface area contributed by atoms with Crippen molar-refractivity contribution in [3.63, 3.8) is 0 Å². The largest absolute Gasteiger partial charge is 0.438 e. The highest BCUT2D eigenvalue weighted by Gasteiger charge is 2.14. The van der Waals surface area contributed by atoms with Crippen molar-refractivity contribution < 1.29 is 18.0 Å². The molecule has 0 aliphatic heterocycles. The molecule has 88 valence electrons. The summed E-state index contributed by atoms with van der Waals surface area (Å²) in [7, 11) is 0. The van der Waals surface area contributed by atoms with E-state index >= 15 is 0 Å². The maximum Gasteiger partial charge on any atom is 0.311 e. The van der Waals surface area contributed by atoms with E-state index in [-0.39, 0.29) is 11.6 Å². The van der Waals surface area contributed by atoms with Gasteiger partial charge in [-0.15, -0.1) is 0 Å². The minimum atomic E-state index is -0.860. The van der Waals surface area contributed by atoms with Crippen molar-refractivity contribution in [2.24, 2.45) is 0 Å². The van der Waals surface area contributed by atoms with Crippen LogP contribution in [0, 0.1) is 18.6 Å². The molecule has 4 nitrogen and oxygen atoms in total. The molecule has 0 spiro atoms. The number of halogens is 2. The average Bonchev–Trinajstić information content (AvgIpc) is 2.69. The number of oxazole rings is 1. The summed E-state index contributed by atoms with van der Waals surface area (Å²) >= 11 is 0. The molecule has 6 heteroatoms. The number of hydrogen-bond acceptors (Lipinski definition) is 3. The second kappa shape index (κ2) is 4.32. The zero-order valence-corrected chi connectivity index (χ0v) is 8.83. The van der Waals surface area contributed by atoms with E-state index in [1.807, 2.05) is 0 Å². The Bertz CT molecular complexity index is 566. The second-order valence-corrected chi connectivity index (χ2v) is 3.35. The highest BCUT2D eigenvalue weighted by molar-refractivity contribution is 6.00. The molecule has 1 aromatic carbocycles. The zero-order valence-electron chi connectivity index (χ0n) is 8.83. The number of amides is 1. The molecule has 0 saturated heterocycles. The van der Waals surface area contributed by atoms with Gasteiger partial charge in [0.25, 0.3) is 5.89 Å². The monoisotopic (exact) mass is 238 g/mol. The smallest absolute Gasteiger partial charge is 0.311 e. The molecule has 2 aromatic rings. The van der Waals surface area contributed by atoms with Crippen molar-refractivity contribution >= 4 is 11.6 Å². The van der Waals surface area contributed by atoms with Crippen LogP contribution in [-0.2, 0) is 0 Å². The summed E-state index contributed by atoms with van der Waals surface area (Å²) in [6.07, 6.45) is 1.37. The molecule has 0 atom stereocenters. The van der Waals surface area contributed by atoms with Crippen molar-refractivity contribution in [3.05, 3.63) is 47.7 Å². The SMILES string of the molecule is Cc1cnc(C(=O)Nc2ccc(F)cc2F)o1. The number of benzene rings is 1. The quantitative estimate of drug-likeness (QED) is 0.874. The summed E-state index contributed by atoms with van der Waals surface area (Å²) in [6.45, 7) is 1.63. The Morgan fingerprint density at radius 1 is 1.41 bits per heavy atom. The Hall–Kier alpha value is -2.24. The van der Waals surface area contributed by atoms with Gasteiger partial charge in [0.05, 0.1) is 11.9 Å². The number of aryl methyl sites for hydroxylation is 1. The number of nitrogens with one attached hydrogen (secondary N) is 1. The van der Waals surface area contributed by atoms with E-state index in [9.17, 15) is 13.6 Å². The van der Waals surface area contributed by atoms with Gasteiger partial charge in [-0.2, -0.15) is 0 Å². The third kappa shape index (κ3) is 2.47. The normalized spacial score (nSPS) is 10.3. The summed E-state index contributed by atoms with van der Waals surface area (Å²) in [4.78, 5) is 15.2. The molecular weight excluding hydrogens is 230 g/mol. The molecule has 0 saturated carbocycles. The van der Waals surface area contributed by atoms with Gasteiger partial charge < -0.3 is 9.73 Å². The number of anilines is 1. The van der Waals surface area contributed by atoms with Gasteiger partial charge in [0.1, 0.15) is 17.4 Å². The average molecular weight is 238 g/mol. The van der Waals surface area contributed by atoms with E-state index in [4.69, 9.17) is 4.42 Å². The first-order valence-corrected chi connectivity index (χ1v) is 4.75. The van der Waals surface area contributed by atoms with Gasteiger partial charge in [-0.1, -0.05) is 0 Å². The predicted molar refractivity (Wildman–Crippen MR) is 55.6 cm³/mol. The van der Waals surface area contributed by atoms with Crippen LogP contribution in [0.1, 0.15) is 16.4 Å². The third-order valence-electron chi connectivity index (χ3n) is 1.99. The molecule has 1 aromatic heterocycles. The molecular formula is C11H8F2N2O2. The van der Waals surface area contributed by atoms with E-state index < -0.39 is 17.5 Å². The molecule has 0 aliphatic rings. The fourth-order valence-electron chi connectivity index (χ4n) is 1.23. The standard InChI is InChI=1S/C11H8F2N2O2/c1-6-5-14-11(17-6)10(16)15-9-3-2-7(12)4-8(9)13/h2-5H,1H3,(H,15,16). The van der Waals surface area contributed by atoms with E-state index in [1.54, 1.807) is 6.92 Å². The van der Waals surface area contributed by atoms with Gasteiger partial charge in [-0.05, 0) is 19.1 Å². The number of hydrogen-bond donors (Lipinski definition) is 1. The van der Waals surface area contributed by atoms with Gasteiger partial charge >= 0.3 is 5.91 Å². The number of nitrogens with zero attached hydrogens (tertiary/aromatic N) is 1. The maximum atomic E-state index is 13.2. The lowest BCUT2D eigenvalue weighted by atomic mass is 10.3. The van der Waals surface area contributed by atoms with Crippen molar-refractivity contribution in [1.82, 2.24) is 4.98 Å². The Morgan fingerprint density at radius 2 is 2.18 bits per heavy atom. The molecule has 0 bridgehead atoms. The maximum absolute atomic E-state index is 13.2. The minimum absolute atomic E-state index is 0.132. The lowest BCUT2D eigenvalue weighted by molar-refractivity contribution is 0.0988. The molecule has 0 radical (unpaired) electrons. The van der Waals surface area contributed by atoms with Crippen molar-refractivity contribution in [1.29, 1.82) is 0 Å².